The molecule has 2 rings (SSSR count). The summed E-state index contributed by atoms with van der Waals surface area (Å²) in [6, 6.07) is 15.1. The number of rotatable bonds is 6. The molecule has 1 aromatic carbocycles. The first-order valence-corrected chi connectivity index (χ1v) is 7.14. The van der Waals surface area contributed by atoms with Crippen LogP contribution in [0.2, 0.25) is 0 Å². The lowest BCUT2D eigenvalue weighted by molar-refractivity contribution is -0.122. The molecule has 1 aromatic heterocycles. The molecule has 1 atom stereocenters. The number of nitrogens with one attached hydrogen (secondary N) is 1. The molecule has 4 heteroatoms. The minimum atomic E-state index is -0.162. The van der Waals surface area contributed by atoms with Gasteiger partial charge >= 0.3 is 0 Å². The molecule has 110 valence electrons. The monoisotopic (exact) mass is 284 g/mol. The Labute approximate surface area is 124 Å². The molecule has 4 nitrogen and oxygen atoms in total. The Morgan fingerprint density at radius 2 is 1.86 bits per heavy atom. The van der Waals surface area contributed by atoms with Crippen LogP contribution in [0.3, 0.4) is 0 Å². The Morgan fingerprint density at radius 3 is 2.57 bits per heavy atom. The number of pyridine rings is 1. The Hall–Kier alpha value is -2.36. The van der Waals surface area contributed by atoms with E-state index in [0.717, 1.165) is 12.8 Å². The molecule has 0 radical (unpaired) electrons. The number of carbonyl (C=O) groups excluding carboxylic acids is 1. The van der Waals surface area contributed by atoms with Gasteiger partial charge in [0, 0.05) is 18.3 Å². The second-order valence-electron chi connectivity index (χ2n) is 5.16. The Kier molecular flexibility index (Phi) is 5.32. The molecular formula is C17H20N2O2. The zero-order chi connectivity index (χ0) is 15.1. The van der Waals surface area contributed by atoms with Crippen molar-refractivity contribution in [3.63, 3.8) is 0 Å². The minimum Gasteiger partial charge on any atom is -0.352 e. The molecular weight excluding hydrogens is 264 g/mol. The summed E-state index contributed by atoms with van der Waals surface area (Å²) in [4.78, 5) is 23.4. The summed E-state index contributed by atoms with van der Waals surface area (Å²) in [5.74, 6) is -0.135. The normalized spacial score (nSPS) is 11.9. The third-order valence-corrected chi connectivity index (χ3v) is 3.33. The zero-order valence-electron chi connectivity index (χ0n) is 12.2. The zero-order valence-corrected chi connectivity index (χ0v) is 12.2. The summed E-state index contributed by atoms with van der Waals surface area (Å²) in [5, 5.41) is 2.93. The average molecular weight is 284 g/mol. The predicted molar refractivity (Wildman–Crippen MR) is 83.1 cm³/mol. The summed E-state index contributed by atoms with van der Waals surface area (Å²) in [6.07, 6.45) is 3.42. The summed E-state index contributed by atoms with van der Waals surface area (Å²) >= 11 is 0. The van der Waals surface area contributed by atoms with Crippen molar-refractivity contribution in [1.29, 1.82) is 0 Å². The summed E-state index contributed by atoms with van der Waals surface area (Å²) < 4.78 is 1.40. The van der Waals surface area contributed by atoms with E-state index in [4.69, 9.17) is 0 Å². The van der Waals surface area contributed by atoms with Gasteiger partial charge in [0.1, 0.15) is 6.54 Å². The number of hydrogen-bond donors (Lipinski definition) is 1. The quantitative estimate of drug-likeness (QED) is 0.882. The SMILES string of the molecule is C[C@H](CCc1ccccc1)NC(=O)Cn1ccccc1=O. The lowest BCUT2D eigenvalue weighted by atomic mass is 10.1. The van der Waals surface area contributed by atoms with Crippen LogP contribution in [0.1, 0.15) is 18.9 Å². The van der Waals surface area contributed by atoms with E-state index in [2.05, 4.69) is 17.4 Å². The third kappa shape index (κ3) is 4.91. The number of benzene rings is 1. The van der Waals surface area contributed by atoms with Gasteiger partial charge in [-0.25, -0.2) is 0 Å². The van der Waals surface area contributed by atoms with Crippen molar-refractivity contribution >= 4 is 5.91 Å². The number of aryl methyl sites for hydroxylation is 1. The first kappa shape index (κ1) is 15.0. The van der Waals surface area contributed by atoms with Gasteiger partial charge in [-0.15, -0.1) is 0 Å². The van der Waals surface area contributed by atoms with Gasteiger partial charge in [-0.2, -0.15) is 0 Å². The fraction of sp³-hybridized carbons (Fsp3) is 0.294. The molecule has 21 heavy (non-hydrogen) atoms. The van der Waals surface area contributed by atoms with E-state index in [1.165, 1.54) is 16.2 Å². The number of carbonyl (C=O) groups is 1. The number of hydrogen-bond acceptors (Lipinski definition) is 2. The minimum absolute atomic E-state index is 0.0648. The molecule has 0 unspecified atom stereocenters. The van der Waals surface area contributed by atoms with Gasteiger partial charge in [-0.05, 0) is 31.4 Å². The van der Waals surface area contributed by atoms with Gasteiger partial charge in [0.2, 0.25) is 5.91 Å². The van der Waals surface area contributed by atoms with Gasteiger partial charge in [0.15, 0.2) is 0 Å². The van der Waals surface area contributed by atoms with E-state index < -0.39 is 0 Å². The molecule has 0 bridgehead atoms. The van der Waals surface area contributed by atoms with Crippen LogP contribution >= 0.6 is 0 Å². The Balaban J connectivity index is 1.80. The van der Waals surface area contributed by atoms with Crippen molar-refractivity contribution in [1.82, 2.24) is 9.88 Å². The van der Waals surface area contributed by atoms with Crippen molar-refractivity contribution in [3.05, 3.63) is 70.6 Å². The summed E-state index contributed by atoms with van der Waals surface area (Å²) in [5.41, 5.74) is 1.10. The van der Waals surface area contributed by atoms with Gasteiger partial charge in [0.25, 0.3) is 5.56 Å². The van der Waals surface area contributed by atoms with Crippen LogP contribution in [-0.4, -0.2) is 16.5 Å². The van der Waals surface area contributed by atoms with Gasteiger partial charge in [-0.3, -0.25) is 9.59 Å². The number of amides is 1. The largest absolute Gasteiger partial charge is 0.352 e. The first-order valence-electron chi connectivity index (χ1n) is 7.14. The predicted octanol–water partition coefficient (Wildman–Crippen LogP) is 1.99. The van der Waals surface area contributed by atoms with Crippen molar-refractivity contribution in [2.45, 2.75) is 32.4 Å². The van der Waals surface area contributed by atoms with Gasteiger partial charge < -0.3 is 9.88 Å². The van der Waals surface area contributed by atoms with E-state index >= 15 is 0 Å². The molecule has 0 aliphatic carbocycles. The van der Waals surface area contributed by atoms with Crippen LogP contribution in [0.4, 0.5) is 0 Å². The maximum Gasteiger partial charge on any atom is 0.250 e. The highest BCUT2D eigenvalue weighted by molar-refractivity contribution is 5.75. The van der Waals surface area contributed by atoms with Crippen LogP contribution in [0.5, 0.6) is 0 Å². The number of aromatic nitrogens is 1. The second-order valence-corrected chi connectivity index (χ2v) is 5.16. The molecule has 0 spiro atoms. The van der Waals surface area contributed by atoms with E-state index in [1.807, 2.05) is 25.1 Å². The van der Waals surface area contributed by atoms with Crippen LogP contribution in [0.25, 0.3) is 0 Å². The fourth-order valence-electron chi connectivity index (χ4n) is 2.17. The smallest absolute Gasteiger partial charge is 0.250 e. The fourth-order valence-corrected chi connectivity index (χ4v) is 2.17. The maximum atomic E-state index is 11.9. The highest BCUT2D eigenvalue weighted by Gasteiger charge is 2.08. The molecule has 1 heterocycles. The lowest BCUT2D eigenvalue weighted by Crippen LogP contribution is -2.37. The Bertz CT molecular complexity index is 634. The molecule has 0 aliphatic heterocycles. The molecule has 0 fully saturated rings. The highest BCUT2D eigenvalue weighted by atomic mass is 16.2. The third-order valence-electron chi connectivity index (χ3n) is 3.33. The standard InChI is InChI=1S/C17H20N2O2/c1-14(10-11-15-7-3-2-4-8-15)18-16(20)13-19-12-6-5-9-17(19)21/h2-9,12,14H,10-11,13H2,1H3,(H,18,20)/t14-/m1/s1. The van der Waals surface area contributed by atoms with E-state index in [0.29, 0.717) is 0 Å². The lowest BCUT2D eigenvalue weighted by Gasteiger charge is -2.14. The molecule has 0 aliphatic rings. The number of nitrogens with zero attached hydrogens (tertiary/aromatic N) is 1. The summed E-state index contributed by atoms with van der Waals surface area (Å²) in [6.45, 7) is 2.05. The van der Waals surface area contributed by atoms with Gasteiger partial charge in [-0.1, -0.05) is 36.4 Å². The van der Waals surface area contributed by atoms with Crippen LogP contribution in [-0.2, 0) is 17.8 Å². The summed E-state index contributed by atoms with van der Waals surface area (Å²) in [7, 11) is 0. The molecule has 0 saturated heterocycles. The molecule has 0 saturated carbocycles. The second kappa shape index (κ2) is 7.43. The first-order chi connectivity index (χ1) is 10.1. The van der Waals surface area contributed by atoms with Crippen LogP contribution in [0, 0.1) is 0 Å². The van der Waals surface area contributed by atoms with E-state index in [-0.39, 0.29) is 24.1 Å². The van der Waals surface area contributed by atoms with Crippen LogP contribution < -0.4 is 10.9 Å². The Morgan fingerprint density at radius 1 is 1.14 bits per heavy atom. The van der Waals surface area contributed by atoms with Crippen molar-refractivity contribution in [3.8, 4) is 0 Å². The van der Waals surface area contributed by atoms with Crippen molar-refractivity contribution in [2.75, 3.05) is 0 Å². The van der Waals surface area contributed by atoms with E-state index in [9.17, 15) is 9.59 Å². The highest BCUT2D eigenvalue weighted by Crippen LogP contribution is 2.04. The average Bonchev–Trinajstić information content (AvgIpc) is 2.48. The van der Waals surface area contributed by atoms with E-state index in [1.54, 1.807) is 18.3 Å². The molecule has 1 N–H and O–H groups in total. The topological polar surface area (TPSA) is 51.1 Å². The molecule has 2 aromatic rings. The van der Waals surface area contributed by atoms with Crippen LogP contribution in [0.15, 0.2) is 59.5 Å². The van der Waals surface area contributed by atoms with Crippen molar-refractivity contribution in [2.24, 2.45) is 0 Å². The maximum absolute atomic E-state index is 11.9. The van der Waals surface area contributed by atoms with Crippen molar-refractivity contribution < 1.29 is 4.79 Å². The van der Waals surface area contributed by atoms with Gasteiger partial charge in [0.05, 0.1) is 0 Å². The molecule has 1 amide bonds.